The number of rotatable bonds is 9. The van der Waals surface area contributed by atoms with E-state index >= 15 is 0 Å². The van der Waals surface area contributed by atoms with Gasteiger partial charge in [-0.2, -0.15) is 0 Å². The van der Waals surface area contributed by atoms with E-state index in [1.807, 2.05) is 13.8 Å². The van der Waals surface area contributed by atoms with Gasteiger partial charge in [0.1, 0.15) is 23.9 Å². The second-order valence-corrected chi connectivity index (χ2v) is 14.1. The summed E-state index contributed by atoms with van der Waals surface area (Å²) in [5.74, 6) is -0.820. The second kappa shape index (κ2) is 17.3. The number of hydrogen-bond donors (Lipinski definition) is 1. The van der Waals surface area contributed by atoms with Gasteiger partial charge in [0.05, 0.1) is 29.2 Å². The van der Waals surface area contributed by atoms with Crippen LogP contribution in [0, 0.1) is 26.6 Å². The van der Waals surface area contributed by atoms with Crippen molar-refractivity contribution >= 4 is 57.9 Å². The SMILES string of the molecule is CCO/N=C(\CC)C1=C(O)CC(c2c(C)cc(C)cc2C)CC1=O.COC(=O)CSc1cc(N=c2sc(=O)n3n2CCCC3)c(F)cc1Cl. The highest BCUT2D eigenvalue weighted by Gasteiger charge is 2.32. The zero-order valence-corrected chi connectivity index (χ0v) is 31.0. The molecule has 0 saturated heterocycles. The Morgan fingerprint density at radius 1 is 1.08 bits per heavy atom. The third-order valence-electron chi connectivity index (χ3n) is 8.19. The lowest BCUT2D eigenvalue weighted by Gasteiger charge is -2.27. The van der Waals surface area contributed by atoms with Crippen LogP contribution >= 0.6 is 34.7 Å². The van der Waals surface area contributed by atoms with Gasteiger partial charge >= 0.3 is 10.8 Å². The molecular weight excluding hydrogens is 691 g/mol. The number of aliphatic hydroxyl groups is 1. The van der Waals surface area contributed by atoms with Crippen LogP contribution in [0.4, 0.5) is 10.1 Å². The summed E-state index contributed by atoms with van der Waals surface area (Å²) >= 11 is 8.17. The molecule has 1 aromatic heterocycles. The normalized spacial score (nSPS) is 16.7. The summed E-state index contributed by atoms with van der Waals surface area (Å²) in [6.45, 7) is 11.7. The highest BCUT2D eigenvalue weighted by atomic mass is 35.5. The predicted octanol–water partition coefficient (Wildman–Crippen LogP) is 7.47. The van der Waals surface area contributed by atoms with Gasteiger partial charge in [-0.05, 0) is 93.0 Å². The number of aromatic nitrogens is 2. The Bertz CT molecular complexity index is 1890. The van der Waals surface area contributed by atoms with Gasteiger partial charge in [-0.1, -0.05) is 41.4 Å². The first-order valence-electron chi connectivity index (χ1n) is 16.1. The van der Waals surface area contributed by atoms with Gasteiger partial charge in [0.2, 0.25) is 4.80 Å². The molecule has 264 valence electrons. The number of hydrogen-bond acceptors (Lipinski definition) is 10. The van der Waals surface area contributed by atoms with E-state index in [1.54, 1.807) is 9.36 Å². The molecule has 0 radical (unpaired) electrons. The second-order valence-electron chi connectivity index (χ2n) is 11.8. The summed E-state index contributed by atoms with van der Waals surface area (Å²) < 4.78 is 22.3. The van der Waals surface area contributed by atoms with E-state index < -0.39 is 11.8 Å². The van der Waals surface area contributed by atoms with Crippen molar-refractivity contribution in [1.29, 1.82) is 0 Å². The first-order valence-corrected chi connectivity index (χ1v) is 18.3. The molecule has 1 atom stereocenters. The lowest BCUT2D eigenvalue weighted by Crippen LogP contribution is -2.31. The minimum absolute atomic E-state index is 0.0204. The maximum absolute atomic E-state index is 14.3. The quantitative estimate of drug-likeness (QED) is 0.105. The summed E-state index contributed by atoms with van der Waals surface area (Å²) in [7, 11) is 1.30. The van der Waals surface area contributed by atoms with Crippen LogP contribution in [0.5, 0.6) is 0 Å². The number of methoxy groups -OCH3 is 1. The number of ketones is 1. The van der Waals surface area contributed by atoms with Crippen LogP contribution in [-0.2, 0) is 32.3 Å². The van der Waals surface area contributed by atoms with Crippen molar-refractivity contribution in [3.8, 4) is 0 Å². The maximum atomic E-state index is 14.3. The van der Waals surface area contributed by atoms with Crippen molar-refractivity contribution in [1.82, 2.24) is 9.36 Å². The van der Waals surface area contributed by atoms with Crippen LogP contribution in [0.1, 0.15) is 74.1 Å². The molecule has 0 fully saturated rings. The van der Waals surface area contributed by atoms with Gasteiger partial charge in [-0.15, -0.1) is 11.8 Å². The maximum Gasteiger partial charge on any atom is 0.325 e. The molecule has 2 aromatic carbocycles. The minimum Gasteiger partial charge on any atom is -0.511 e. The highest BCUT2D eigenvalue weighted by Crippen LogP contribution is 2.38. The van der Waals surface area contributed by atoms with E-state index in [9.17, 15) is 23.9 Å². The Labute approximate surface area is 298 Å². The topological polar surface area (TPSA) is 124 Å². The third kappa shape index (κ3) is 9.31. The van der Waals surface area contributed by atoms with Crippen LogP contribution in [0.25, 0.3) is 0 Å². The molecule has 1 unspecified atom stereocenters. The fourth-order valence-corrected chi connectivity index (χ4v) is 8.11. The number of carbonyl (C=O) groups is 2. The average Bonchev–Trinajstić information content (AvgIpc) is 3.37. The first-order chi connectivity index (χ1) is 23.4. The minimum atomic E-state index is -0.580. The molecule has 3 aromatic rings. The van der Waals surface area contributed by atoms with Crippen molar-refractivity contribution in [2.75, 3.05) is 19.5 Å². The van der Waals surface area contributed by atoms with Crippen LogP contribution in [0.2, 0.25) is 5.02 Å². The molecular formula is C35H42ClFN4O6S2. The van der Waals surface area contributed by atoms with Crippen molar-refractivity contribution < 1.29 is 28.7 Å². The van der Waals surface area contributed by atoms with E-state index in [0.717, 1.165) is 42.0 Å². The fourth-order valence-electron chi connectivity index (χ4n) is 6.12. The van der Waals surface area contributed by atoms with Crippen molar-refractivity contribution in [3.63, 3.8) is 0 Å². The number of aryl methyl sites for hydroxylation is 3. The van der Waals surface area contributed by atoms with Crippen molar-refractivity contribution in [3.05, 3.63) is 83.2 Å². The molecule has 10 nitrogen and oxygen atoms in total. The third-order valence-corrected chi connectivity index (χ3v) is 10.5. The average molecular weight is 733 g/mol. The molecule has 1 aliphatic carbocycles. The van der Waals surface area contributed by atoms with Crippen molar-refractivity contribution in [2.24, 2.45) is 10.1 Å². The van der Waals surface area contributed by atoms with E-state index in [2.05, 4.69) is 47.8 Å². The highest BCUT2D eigenvalue weighted by molar-refractivity contribution is 8.00. The molecule has 14 heteroatoms. The first kappa shape index (κ1) is 38.1. The number of oxime groups is 1. The number of esters is 1. The van der Waals surface area contributed by atoms with Crippen molar-refractivity contribution in [2.45, 2.75) is 90.6 Å². The number of nitrogens with zero attached hydrogens (tertiary/aromatic N) is 4. The molecule has 0 spiro atoms. The number of benzene rings is 2. The molecule has 2 heterocycles. The molecule has 2 aliphatic rings. The van der Waals surface area contributed by atoms with Gasteiger partial charge in [-0.25, -0.2) is 14.1 Å². The van der Waals surface area contributed by atoms with E-state index in [4.69, 9.17) is 16.4 Å². The van der Waals surface area contributed by atoms with Gasteiger partial charge in [0, 0.05) is 30.8 Å². The zero-order valence-electron chi connectivity index (χ0n) is 28.6. The number of ether oxygens (including phenoxy) is 1. The number of allylic oxidation sites excluding steroid dienone is 2. The zero-order chi connectivity index (χ0) is 35.8. The van der Waals surface area contributed by atoms with Gasteiger partial charge in [0.25, 0.3) is 0 Å². The summed E-state index contributed by atoms with van der Waals surface area (Å²) in [5.41, 5.74) is 5.73. The molecule has 5 rings (SSSR count). The summed E-state index contributed by atoms with van der Waals surface area (Å²) in [5, 5.41) is 14.7. The number of carbonyl (C=O) groups excluding carboxylic acids is 2. The monoisotopic (exact) mass is 732 g/mol. The smallest absolute Gasteiger partial charge is 0.325 e. The van der Waals surface area contributed by atoms with E-state index in [1.165, 1.54) is 35.4 Å². The number of Topliss-reactive ketones (excluding diaryl/α,β-unsaturated/α-hetero) is 1. The summed E-state index contributed by atoms with van der Waals surface area (Å²) in [6.07, 6.45) is 3.32. The largest absolute Gasteiger partial charge is 0.511 e. The molecule has 1 N–H and O–H groups in total. The Hall–Kier alpha value is -3.68. The molecule has 0 saturated carbocycles. The molecule has 0 bridgehead atoms. The van der Waals surface area contributed by atoms with Crippen LogP contribution < -0.4 is 9.67 Å². The standard InChI is InChI=1S/C20H27NO3.C15H15ClFN3O3S2/c1-6-16(21-24-7-2)20-17(22)10-15(11-18(20)23)19-13(4)8-12(3)9-14(19)5;1-23-13(21)8-24-12-7-11(10(17)6-9(12)16)18-14-19-4-2-3-5-20(19)15(22)25-14/h8-9,15,22H,6-7,10-11H2,1-5H3;6-7H,2-5,8H2,1H3/b21-16+;. The van der Waals surface area contributed by atoms with E-state index in [0.29, 0.717) is 59.9 Å². The van der Waals surface area contributed by atoms with Gasteiger partial charge < -0.3 is 14.7 Å². The number of thioether (sulfide) groups is 1. The number of fused-ring (bicyclic) bond motifs is 1. The Kier molecular flexibility index (Phi) is 13.5. The van der Waals surface area contributed by atoms with Crippen LogP contribution in [-0.4, -0.2) is 51.4 Å². The van der Waals surface area contributed by atoms with Crippen LogP contribution in [0.3, 0.4) is 0 Å². The van der Waals surface area contributed by atoms with Gasteiger partial charge in [-0.3, -0.25) is 19.1 Å². The molecule has 49 heavy (non-hydrogen) atoms. The van der Waals surface area contributed by atoms with Crippen LogP contribution in [0.15, 0.2) is 55.4 Å². The summed E-state index contributed by atoms with van der Waals surface area (Å²) in [4.78, 5) is 46.3. The lowest BCUT2D eigenvalue weighted by molar-refractivity contribution is -0.137. The molecule has 1 aliphatic heterocycles. The Morgan fingerprint density at radius 2 is 1.76 bits per heavy atom. The molecule has 0 amide bonds. The fraction of sp³-hybridized carbons (Fsp3) is 0.457. The summed E-state index contributed by atoms with van der Waals surface area (Å²) in [6, 6.07) is 6.92. The number of aliphatic hydroxyl groups excluding tert-OH is 1. The van der Waals surface area contributed by atoms with E-state index in [-0.39, 0.29) is 38.8 Å². The lowest BCUT2D eigenvalue weighted by atomic mass is 9.78. The predicted molar refractivity (Wildman–Crippen MR) is 192 cm³/mol. The Morgan fingerprint density at radius 3 is 2.37 bits per heavy atom. The number of halogens is 2. The van der Waals surface area contributed by atoms with Gasteiger partial charge in [0.15, 0.2) is 5.78 Å². The Balaban J connectivity index is 0.000000221.